The molecule has 1 unspecified atom stereocenters. The Morgan fingerprint density at radius 1 is 1.44 bits per heavy atom. The van der Waals surface area contributed by atoms with Crippen molar-refractivity contribution in [2.24, 2.45) is 0 Å². The number of hydrogen-bond donors (Lipinski definition) is 4. The number of hydrogen-bond acceptors (Lipinski definition) is 4. The molecule has 0 spiro atoms. The SMILES string of the molecule is CN(CC(C)(C)O)C(=O)NCC(O)C(=O)O. The van der Waals surface area contributed by atoms with Crippen LogP contribution in [0.3, 0.4) is 0 Å². The lowest BCUT2D eigenvalue weighted by Crippen LogP contribution is -2.47. The minimum Gasteiger partial charge on any atom is -0.479 e. The van der Waals surface area contributed by atoms with Crippen LogP contribution in [-0.2, 0) is 4.79 Å². The molecule has 0 aromatic heterocycles. The number of nitrogens with one attached hydrogen (secondary N) is 1. The Morgan fingerprint density at radius 2 is 1.94 bits per heavy atom. The molecule has 0 aliphatic rings. The van der Waals surface area contributed by atoms with Gasteiger partial charge in [-0.05, 0) is 13.8 Å². The molecular weight excluding hydrogens is 216 g/mol. The van der Waals surface area contributed by atoms with E-state index in [2.05, 4.69) is 5.32 Å². The van der Waals surface area contributed by atoms with Crippen molar-refractivity contribution in [3.05, 3.63) is 0 Å². The van der Waals surface area contributed by atoms with Gasteiger partial charge in [0.05, 0.1) is 18.7 Å². The first-order valence-electron chi connectivity index (χ1n) is 4.75. The molecule has 2 amide bonds. The van der Waals surface area contributed by atoms with E-state index in [4.69, 9.17) is 10.2 Å². The number of rotatable bonds is 5. The fourth-order valence-corrected chi connectivity index (χ4v) is 1.06. The third-order valence-electron chi connectivity index (χ3n) is 1.70. The smallest absolute Gasteiger partial charge is 0.334 e. The predicted molar refractivity (Wildman–Crippen MR) is 56.0 cm³/mol. The lowest BCUT2D eigenvalue weighted by Gasteiger charge is -2.25. The van der Waals surface area contributed by atoms with Gasteiger partial charge >= 0.3 is 12.0 Å². The second-order valence-corrected chi connectivity index (χ2v) is 4.21. The fourth-order valence-electron chi connectivity index (χ4n) is 1.06. The molecule has 0 aliphatic carbocycles. The van der Waals surface area contributed by atoms with E-state index in [1.807, 2.05) is 0 Å². The average molecular weight is 234 g/mol. The van der Waals surface area contributed by atoms with E-state index >= 15 is 0 Å². The molecule has 94 valence electrons. The highest BCUT2D eigenvalue weighted by molar-refractivity contribution is 5.76. The number of likely N-dealkylation sites (N-methyl/N-ethyl adjacent to an activating group) is 1. The molecule has 0 aromatic rings. The van der Waals surface area contributed by atoms with Gasteiger partial charge in [-0.25, -0.2) is 9.59 Å². The first-order chi connectivity index (χ1) is 7.13. The summed E-state index contributed by atoms with van der Waals surface area (Å²) in [6.07, 6.45) is -1.63. The first-order valence-corrected chi connectivity index (χ1v) is 4.75. The minimum absolute atomic E-state index is 0.0992. The molecule has 7 nitrogen and oxygen atoms in total. The molecular formula is C9H18N2O5. The molecule has 0 bridgehead atoms. The van der Waals surface area contributed by atoms with Crippen molar-refractivity contribution >= 4 is 12.0 Å². The lowest BCUT2D eigenvalue weighted by atomic mass is 10.1. The molecule has 0 saturated carbocycles. The van der Waals surface area contributed by atoms with Crippen molar-refractivity contribution in [1.29, 1.82) is 0 Å². The van der Waals surface area contributed by atoms with Crippen LogP contribution < -0.4 is 5.32 Å². The molecule has 7 heteroatoms. The summed E-state index contributed by atoms with van der Waals surface area (Å²) >= 11 is 0. The molecule has 4 N–H and O–H groups in total. The maximum absolute atomic E-state index is 11.3. The van der Waals surface area contributed by atoms with Gasteiger partial charge in [-0.3, -0.25) is 0 Å². The highest BCUT2D eigenvalue weighted by atomic mass is 16.4. The van der Waals surface area contributed by atoms with Gasteiger partial charge in [-0.15, -0.1) is 0 Å². The number of aliphatic carboxylic acids is 1. The van der Waals surface area contributed by atoms with E-state index in [0.717, 1.165) is 0 Å². The van der Waals surface area contributed by atoms with Crippen LogP contribution in [0.25, 0.3) is 0 Å². The van der Waals surface area contributed by atoms with Crippen LogP contribution in [-0.4, -0.2) is 64.1 Å². The maximum atomic E-state index is 11.3. The summed E-state index contributed by atoms with van der Waals surface area (Å²) in [5.41, 5.74) is -1.03. The van der Waals surface area contributed by atoms with E-state index in [1.54, 1.807) is 13.8 Å². The average Bonchev–Trinajstić information content (AvgIpc) is 2.10. The molecule has 0 saturated heterocycles. The summed E-state index contributed by atoms with van der Waals surface area (Å²) in [6, 6.07) is -0.553. The number of aliphatic hydroxyl groups is 2. The Morgan fingerprint density at radius 3 is 2.31 bits per heavy atom. The highest BCUT2D eigenvalue weighted by Gasteiger charge is 2.20. The zero-order valence-electron chi connectivity index (χ0n) is 9.60. The number of urea groups is 1. The molecule has 0 aliphatic heterocycles. The molecule has 16 heavy (non-hydrogen) atoms. The third kappa shape index (κ3) is 6.20. The zero-order chi connectivity index (χ0) is 12.9. The van der Waals surface area contributed by atoms with Gasteiger partial charge in [0.2, 0.25) is 0 Å². The van der Waals surface area contributed by atoms with Gasteiger partial charge in [0.1, 0.15) is 0 Å². The topological polar surface area (TPSA) is 110 Å². The molecule has 0 fully saturated rings. The summed E-state index contributed by atoms with van der Waals surface area (Å²) < 4.78 is 0. The quantitative estimate of drug-likeness (QED) is 0.480. The van der Waals surface area contributed by atoms with Crippen LogP contribution in [0.2, 0.25) is 0 Å². The van der Waals surface area contributed by atoms with Crippen LogP contribution in [0.5, 0.6) is 0 Å². The number of carboxylic acids is 1. The number of carbonyl (C=O) groups excluding carboxylic acids is 1. The van der Waals surface area contributed by atoms with Gasteiger partial charge in [-0.1, -0.05) is 0 Å². The van der Waals surface area contributed by atoms with Crippen molar-refractivity contribution in [2.75, 3.05) is 20.1 Å². The summed E-state index contributed by atoms with van der Waals surface area (Å²) in [6.45, 7) is 2.82. The van der Waals surface area contributed by atoms with Gasteiger partial charge in [0, 0.05) is 7.05 Å². The molecule has 0 aromatic carbocycles. The summed E-state index contributed by atoms with van der Waals surface area (Å²) in [5, 5.41) is 28.9. The van der Waals surface area contributed by atoms with E-state index < -0.39 is 23.7 Å². The standard InChI is InChI=1S/C9H18N2O5/c1-9(2,16)5-11(3)8(15)10-4-6(12)7(13)14/h6,12,16H,4-5H2,1-3H3,(H,10,15)(H,13,14). The number of amides is 2. The van der Waals surface area contributed by atoms with Crippen molar-refractivity contribution in [2.45, 2.75) is 25.6 Å². The van der Waals surface area contributed by atoms with E-state index in [0.29, 0.717) is 0 Å². The number of carbonyl (C=O) groups is 2. The van der Waals surface area contributed by atoms with E-state index in [9.17, 15) is 14.7 Å². The van der Waals surface area contributed by atoms with Crippen molar-refractivity contribution < 1.29 is 24.9 Å². The Hall–Kier alpha value is -1.34. The van der Waals surface area contributed by atoms with Crippen LogP contribution in [0, 0.1) is 0 Å². The maximum Gasteiger partial charge on any atom is 0.334 e. The van der Waals surface area contributed by atoms with Crippen LogP contribution in [0.1, 0.15) is 13.8 Å². The minimum atomic E-state index is -1.63. The summed E-state index contributed by atoms with van der Waals surface area (Å²) in [5.74, 6) is -1.40. The van der Waals surface area contributed by atoms with Crippen molar-refractivity contribution in [3.8, 4) is 0 Å². The van der Waals surface area contributed by atoms with Crippen LogP contribution in [0.4, 0.5) is 4.79 Å². The van der Waals surface area contributed by atoms with Crippen molar-refractivity contribution in [1.82, 2.24) is 10.2 Å². The van der Waals surface area contributed by atoms with E-state index in [-0.39, 0.29) is 13.1 Å². The second-order valence-electron chi connectivity index (χ2n) is 4.21. The molecule has 0 radical (unpaired) electrons. The number of carboxylic acid groups (broad SMARTS) is 1. The third-order valence-corrected chi connectivity index (χ3v) is 1.70. The summed E-state index contributed by atoms with van der Waals surface area (Å²) in [4.78, 5) is 22.8. The monoisotopic (exact) mass is 234 g/mol. The molecule has 0 heterocycles. The van der Waals surface area contributed by atoms with Gasteiger partial charge in [0.25, 0.3) is 0 Å². The second kappa shape index (κ2) is 5.66. The fraction of sp³-hybridized carbons (Fsp3) is 0.778. The highest BCUT2D eigenvalue weighted by Crippen LogP contribution is 2.02. The predicted octanol–water partition coefficient (Wildman–Crippen LogP) is -1.16. The first kappa shape index (κ1) is 14.7. The Balaban J connectivity index is 4.02. The van der Waals surface area contributed by atoms with Gasteiger partial charge in [0.15, 0.2) is 6.10 Å². The zero-order valence-corrected chi connectivity index (χ0v) is 9.60. The molecule has 1 atom stereocenters. The van der Waals surface area contributed by atoms with Crippen LogP contribution >= 0.6 is 0 Å². The van der Waals surface area contributed by atoms with Crippen molar-refractivity contribution in [3.63, 3.8) is 0 Å². The Kier molecular flexibility index (Phi) is 5.19. The van der Waals surface area contributed by atoms with Crippen LogP contribution in [0.15, 0.2) is 0 Å². The summed E-state index contributed by atoms with van der Waals surface area (Å²) in [7, 11) is 1.46. The Labute approximate surface area is 93.7 Å². The van der Waals surface area contributed by atoms with Gasteiger partial charge in [-0.2, -0.15) is 0 Å². The Bertz CT molecular complexity index is 261. The number of nitrogens with zero attached hydrogens (tertiary/aromatic N) is 1. The molecule has 0 rings (SSSR count). The number of aliphatic hydroxyl groups excluding tert-OH is 1. The van der Waals surface area contributed by atoms with Gasteiger partial charge < -0.3 is 25.5 Å². The lowest BCUT2D eigenvalue weighted by molar-refractivity contribution is -0.146. The van der Waals surface area contributed by atoms with E-state index in [1.165, 1.54) is 11.9 Å². The normalized spacial score (nSPS) is 13.1. The largest absolute Gasteiger partial charge is 0.479 e.